The zero-order valence-electron chi connectivity index (χ0n) is 14.3. The van der Waals surface area contributed by atoms with Crippen molar-refractivity contribution in [1.82, 2.24) is 0 Å². The highest BCUT2D eigenvalue weighted by atomic mass is 32.1. The van der Waals surface area contributed by atoms with Crippen molar-refractivity contribution >= 4 is 52.1 Å². The Morgan fingerprint density at radius 2 is 0.833 bits per heavy atom. The highest BCUT2D eigenvalue weighted by molar-refractivity contribution is 7.78. The van der Waals surface area contributed by atoms with Crippen LogP contribution in [0.2, 0.25) is 0 Å². The number of benzene rings is 1. The first-order chi connectivity index (χ1) is 11.6. The molecule has 24 heavy (non-hydrogen) atoms. The van der Waals surface area contributed by atoms with Crippen LogP contribution in [0.5, 0.6) is 0 Å². The molecule has 0 aromatic heterocycles. The highest BCUT2D eigenvalue weighted by Gasteiger charge is 2.16. The second-order valence-corrected chi connectivity index (χ2v) is 6.03. The van der Waals surface area contributed by atoms with Gasteiger partial charge in [0.25, 0.3) is 0 Å². The van der Waals surface area contributed by atoms with Gasteiger partial charge in [-0.1, -0.05) is 0 Å². The predicted molar refractivity (Wildman–Crippen MR) is 111 cm³/mol. The third kappa shape index (κ3) is 5.61. The SMILES string of the molecule is Cc1c(CCN=C=S)c(C)c(CCN=C=S)c(C)c1CCN=C=S. The van der Waals surface area contributed by atoms with Gasteiger partial charge in [-0.3, -0.25) is 0 Å². The van der Waals surface area contributed by atoms with E-state index in [-0.39, 0.29) is 0 Å². The number of isothiocyanates is 3. The van der Waals surface area contributed by atoms with Gasteiger partial charge in [0.15, 0.2) is 0 Å². The van der Waals surface area contributed by atoms with Crippen molar-refractivity contribution in [3.05, 3.63) is 33.4 Å². The van der Waals surface area contributed by atoms with Crippen molar-refractivity contribution in [2.24, 2.45) is 15.0 Å². The van der Waals surface area contributed by atoms with Crippen LogP contribution in [0.3, 0.4) is 0 Å². The van der Waals surface area contributed by atoms with E-state index >= 15 is 0 Å². The first-order valence-electron chi connectivity index (χ1n) is 7.79. The van der Waals surface area contributed by atoms with Gasteiger partial charge in [-0.2, -0.15) is 0 Å². The minimum Gasteiger partial charge on any atom is -0.232 e. The lowest BCUT2D eigenvalue weighted by atomic mass is 9.84. The lowest BCUT2D eigenvalue weighted by Gasteiger charge is -2.21. The van der Waals surface area contributed by atoms with Crippen LogP contribution in [-0.4, -0.2) is 35.1 Å². The molecule has 6 heteroatoms. The van der Waals surface area contributed by atoms with Gasteiger partial charge in [0.1, 0.15) is 0 Å². The van der Waals surface area contributed by atoms with Gasteiger partial charge in [-0.15, -0.1) is 0 Å². The minimum absolute atomic E-state index is 0.656. The highest BCUT2D eigenvalue weighted by Crippen LogP contribution is 2.29. The fraction of sp³-hybridized carbons (Fsp3) is 0.500. The van der Waals surface area contributed by atoms with Crippen LogP contribution in [0, 0.1) is 20.8 Å². The maximum Gasteiger partial charge on any atom is 0.0585 e. The number of aliphatic imine (C=N–C) groups is 3. The molecule has 0 radical (unpaired) electrons. The van der Waals surface area contributed by atoms with Crippen LogP contribution in [0.25, 0.3) is 0 Å². The van der Waals surface area contributed by atoms with Crippen molar-refractivity contribution in [3.63, 3.8) is 0 Å². The second kappa shape index (κ2) is 11.2. The number of hydrogen-bond acceptors (Lipinski definition) is 6. The summed E-state index contributed by atoms with van der Waals surface area (Å²) in [6.07, 6.45) is 2.57. The van der Waals surface area contributed by atoms with Gasteiger partial charge in [-0.25, -0.2) is 15.0 Å². The summed E-state index contributed by atoms with van der Waals surface area (Å²) >= 11 is 14.0. The summed E-state index contributed by atoms with van der Waals surface area (Å²) in [5.41, 5.74) is 7.93. The van der Waals surface area contributed by atoms with Gasteiger partial charge < -0.3 is 0 Å². The van der Waals surface area contributed by atoms with E-state index in [0.717, 1.165) is 19.3 Å². The molecule has 1 aromatic carbocycles. The van der Waals surface area contributed by atoms with Gasteiger partial charge >= 0.3 is 0 Å². The average Bonchev–Trinajstić information content (AvgIpc) is 2.57. The quantitative estimate of drug-likeness (QED) is 0.469. The van der Waals surface area contributed by atoms with Crippen LogP contribution in [0.15, 0.2) is 15.0 Å². The Morgan fingerprint density at radius 3 is 1.04 bits per heavy atom. The standard InChI is InChI=1S/C18H21N3S3/c1-13-16(4-7-19-10-22)14(2)18(6-9-21-12-24)15(3)17(13)5-8-20-11-23/h4-9H2,1-3H3. The molecule has 0 saturated carbocycles. The van der Waals surface area contributed by atoms with Gasteiger partial charge in [-0.05, 0) is 110 Å². The van der Waals surface area contributed by atoms with Crippen molar-refractivity contribution < 1.29 is 0 Å². The van der Waals surface area contributed by atoms with E-state index in [0.29, 0.717) is 19.6 Å². The third-order valence-electron chi connectivity index (χ3n) is 4.33. The Morgan fingerprint density at radius 1 is 0.583 bits per heavy atom. The molecule has 126 valence electrons. The van der Waals surface area contributed by atoms with Crippen LogP contribution in [0.4, 0.5) is 0 Å². The van der Waals surface area contributed by atoms with Crippen LogP contribution >= 0.6 is 36.7 Å². The summed E-state index contributed by atoms with van der Waals surface area (Å²) < 4.78 is 0. The van der Waals surface area contributed by atoms with E-state index in [2.05, 4.69) is 87.9 Å². The molecule has 0 unspecified atom stereocenters. The lowest BCUT2D eigenvalue weighted by molar-refractivity contribution is 0.875. The molecule has 0 aliphatic heterocycles. The van der Waals surface area contributed by atoms with Crippen molar-refractivity contribution in [1.29, 1.82) is 0 Å². The molecule has 1 aromatic rings. The molecule has 0 N–H and O–H groups in total. The zero-order chi connectivity index (χ0) is 17.9. The Balaban J connectivity index is 3.35. The molecule has 0 heterocycles. The second-order valence-electron chi connectivity index (χ2n) is 5.48. The van der Waals surface area contributed by atoms with Crippen molar-refractivity contribution in [2.75, 3.05) is 19.6 Å². The summed E-state index contributed by atoms with van der Waals surface area (Å²) in [5, 5.41) is 7.32. The number of hydrogen-bond donors (Lipinski definition) is 0. The largest absolute Gasteiger partial charge is 0.232 e. The van der Waals surface area contributed by atoms with Gasteiger partial charge in [0.05, 0.1) is 35.1 Å². The summed E-state index contributed by atoms with van der Waals surface area (Å²) in [4.78, 5) is 12.2. The molecule has 3 nitrogen and oxygen atoms in total. The molecule has 1 rings (SSSR count). The summed E-state index contributed by atoms with van der Waals surface area (Å²) in [6, 6.07) is 0. The van der Waals surface area contributed by atoms with Crippen LogP contribution in [-0.2, 0) is 19.3 Å². The Bertz CT molecular complexity index is 615. The third-order valence-corrected chi connectivity index (χ3v) is 4.72. The molecular weight excluding hydrogens is 354 g/mol. The molecule has 0 bridgehead atoms. The normalized spacial score (nSPS) is 9.62. The van der Waals surface area contributed by atoms with Crippen molar-refractivity contribution in [3.8, 4) is 0 Å². The summed E-state index contributed by atoms with van der Waals surface area (Å²) in [6.45, 7) is 8.49. The Kier molecular flexibility index (Phi) is 9.66. The zero-order valence-corrected chi connectivity index (χ0v) is 16.8. The minimum atomic E-state index is 0.656. The Labute approximate surface area is 160 Å². The number of nitrogens with zero attached hydrogens (tertiary/aromatic N) is 3. The number of thiocarbonyl (C=S) groups is 3. The first-order valence-corrected chi connectivity index (χ1v) is 9.02. The molecule has 0 aliphatic carbocycles. The topological polar surface area (TPSA) is 37.1 Å². The molecule has 0 fully saturated rings. The van der Waals surface area contributed by atoms with E-state index in [1.165, 1.54) is 33.4 Å². The Hall–Kier alpha value is -1.38. The monoisotopic (exact) mass is 375 g/mol. The summed E-state index contributed by atoms with van der Waals surface area (Å²) in [7, 11) is 0. The van der Waals surface area contributed by atoms with E-state index < -0.39 is 0 Å². The number of rotatable bonds is 9. The van der Waals surface area contributed by atoms with Gasteiger partial charge in [0, 0.05) is 0 Å². The maximum absolute atomic E-state index is 4.67. The van der Waals surface area contributed by atoms with E-state index in [1.54, 1.807) is 0 Å². The predicted octanol–water partition coefficient (Wildman–Crippen LogP) is 4.55. The smallest absolute Gasteiger partial charge is 0.0585 e. The first kappa shape index (κ1) is 20.7. The van der Waals surface area contributed by atoms with Crippen LogP contribution < -0.4 is 0 Å². The molecule has 0 atom stereocenters. The fourth-order valence-corrected chi connectivity index (χ4v) is 3.43. The molecule has 0 amide bonds. The van der Waals surface area contributed by atoms with E-state index in [1.807, 2.05) is 0 Å². The van der Waals surface area contributed by atoms with E-state index in [4.69, 9.17) is 0 Å². The van der Waals surface area contributed by atoms with Crippen LogP contribution in [0.1, 0.15) is 33.4 Å². The van der Waals surface area contributed by atoms with E-state index in [9.17, 15) is 0 Å². The molecule has 0 saturated heterocycles. The fourth-order valence-electron chi connectivity index (χ4n) is 3.16. The van der Waals surface area contributed by atoms with Gasteiger partial charge in [0.2, 0.25) is 0 Å². The average molecular weight is 376 g/mol. The maximum atomic E-state index is 4.67. The molecular formula is C18H21N3S3. The lowest BCUT2D eigenvalue weighted by Crippen LogP contribution is -2.10. The van der Waals surface area contributed by atoms with Crippen molar-refractivity contribution in [2.45, 2.75) is 40.0 Å². The molecule has 0 aliphatic rings. The summed E-state index contributed by atoms with van der Waals surface area (Å²) in [5.74, 6) is 0. The molecule has 0 spiro atoms.